The van der Waals surface area contributed by atoms with E-state index >= 15 is 0 Å². The molecule has 1 N–H and O–H groups in total. The van der Waals surface area contributed by atoms with Gasteiger partial charge in [-0.2, -0.15) is 0 Å². The van der Waals surface area contributed by atoms with Crippen LogP contribution < -0.4 is 10.1 Å². The molecule has 6 nitrogen and oxygen atoms in total. The fourth-order valence-corrected chi connectivity index (χ4v) is 1.91. The molecular formula is C12H16N2O4. The molecule has 1 unspecified atom stereocenters. The number of ether oxygens (including phenoxy) is 2. The third-order valence-corrected chi connectivity index (χ3v) is 2.71. The Balaban J connectivity index is 2.18. The lowest BCUT2D eigenvalue weighted by molar-refractivity contribution is -0.384. The number of nitrogens with zero attached hydrogens (tertiary/aromatic N) is 1. The van der Waals surface area contributed by atoms with Crippen molar-refractivity contribution < 1.29 is 14.4 Å². The highest BCUT2D eigenvalue weighted by Crippen LogP contribution is 2.27. The molecule has 6 heteroatoms. The minimum atomic E-state index is -0.418. The van der Waals surface area contributed by atoms with E-state index in [2.05, 4.69) is 5.32 Å². The number of hydrogen-bond donors (Lipinski definition) is 1. The van der Waals surface area contributed by atoms with Crippen molar-refractivity contribution in [3.05, 3.63) is 28.3 Å². The number of nitro benzene ring substituents is 1. The van der Waals surface area contributed by atoms with Crippen LogP contribution in [0.3, 0.4) is 0 Å². The molecular weight excluding hydrogens is 236 g/mol. The number of rotatable bonds is 5. The number of benzene rings is 1. The van der Waals surface area contributed by atoms with Gasteiger partial charge >= 0.3 is 0 Å². The van der Waals surface area contributed by atoms with Gasteiger partial charge < -0.3 is 14.8 Å². The number of nitrogens with one attached hydrogen (secondary N) is 1. The summed E-state index contributed by atoms with van der Waals surface area (Å²) in [6.07, 6.45) is 0.909. The van der Waals surface area contributed by atoms with Crippen LogP contribution in [0.1, 0.15) is 13.3 Å². The number of anilines is 1. The average Bonchev–Trinajstić information content (AvgIpc) is 2.82. The predicted octanol–water partition coefficient (Wildman–Crippen LogP) is 2.19. The van der Waals surface area contributed by atoms with Crippen LogP contribution in [0.2, 0.25) is 0 Å². The molecule has 0 saturated carbocycles. The van der Waals surface area contributed by atoms with E-state index in [1.165, 1.54) is 12.1 Å². The smallest absolute Gasteiger partial charge is 0.275 e. The van der Waals surface area contributed by atoms with Crippen LogP contribution in [-0.2, 0) is 4.74 Å². The normalized spacial score (nSPS) is 18.6. The van der Waals surface area contributed by atoms with Crippen molar-refractivity contribution in [3.63, 3.8) is 0 Å². The van der Waals surface area contributed by atoms with Crippen LogP contribution in [0, 0.1) is 10.1 Å². The molecule has 1 aromatic rings. The molecule has 1 aliphatic heterocycles. The van der Waals surface area contributed by atoms with Crippen LogP contribution >= 0.6 is 0 Å². The number of non-ortho nitro benzene ring substituents is 1. The minimum absolute atomic E-state index is 0.0300. The van der Waals surface area contributed by atoms with Crippen LogP contribution in [0.25, 0.3) is 0 Å². The van der Waals surface area contributed by atoms with Crippen molar-refractivity contribution in [2.24, 2.45) is 0 Å². The lowest BCUT2D eigenvalue weighted by Crippen LogP contribution is -2.18. The minimum Gasteiger partial charge on any atom is -0.494 e. The van der Waals surface area contributed by atoms with Crippen molar-refractivity contribution >= 4 is 11.4 Å². The van der Waals surface area contributed by atoms with Gasteiger partial charge in [-0.25, -0.2) is 0 Å². The Labute approximate surface area is 105 Å². The van der Waals surface area contributed by atoms with E-state index in [1.807, 2.05) is 6.92 Å². The Morgan fingerprint density at radius 2 is 2.39 bits per heavy atom. The van der Waals surface area contributed by atoms with Crippen LogP contribution in [-0.4, -0.2) is 30.8 Å². The van der Waals surface area contributed by atoms with Gasteiger partial charge in [0.2, 0.25) is 0 Å². The first-order valence-corrected chi connectivity index (χ1v) is 5.95. The van der Waals surface area contributed by atoms with Crippen molar-refractivity contribution in [3.8, 4) is 5.75 Å². The van der Waals surface area contributed by atoms with Gasteiger partial charge in [0, 0.05) is 24.4 Å². The summed E-state index contributed by atoms with van der Waals surface area (Å²) >= 11 is 0. The van der Waals surface area contributed by atoms with Crippen LogP contribution in [0.4, 0.5) is 11.4 Å². The maximum atomic E-state index is 10.8. The van der Waals surface area contributed by atoms with Gasteiger partial charge in [0.1, 0.15) is 5.75 Å². The highest BCUT2D eigenvalue weighted by Gasteiger charge is 2.17. The Kier molecular flexibility index (Phi) is 3.99. The molecule has 0 bridgehead atoms. The second-order valence-electron chi connectivity index (χ2n) is 4.11. The van der Waals surface area contributed by atoms with E-state index in [1.54, 1.807) is 6.07 Å². The maximum Gasteiger partial charge on any atom is 0.275 e. The Bertz CT molecular complexity index is 430. The second kappa shape index (κ2) is 5.68. The summed E-state index contributed by atoms with van der Waals surface area (Å²) in [4.78, 5) is 10.4. The van der Waals surface area contributed by atoms with Gasteiger partial charge in [0.05, 0.1) is 30.2 Å². The second-order valence-corrected chi connectivity index (χ2v) is 4.11. The van der Waals surface area contributed by atoms with Gasteiger partial charge in [-0.15, -0.1) is 0 Å². The average molecular weight is 252 g/mol. The first-order valence-electron chi connectivity index (χ1n) is 5.95. The van der Waals surface area contributed by atoms with Crippen molar-refractivity contribution in [2.45, 2.75) is 19.4 Å². The molecule has 18 heavy (non-hydrogen) atoms. The summed E-state index contributed by atoms with van der Waals surface area (Å²) in [7, 11) is 0. The molecule has 1 aliphatic rings. The van der Waals surface area contributed by atoms with Crippen molar-refractivity contribution in [2.75, 3.05) is 25.1 Å². The van der Waals surface area contributed by atoms with E-state index < -0.39 is 4.92 Å². The molecule has 1 aromatic carbocycles. The molecule has 0 spiro atoms. The highest BCUT2D eigenvalue weighted by atomic mass is 16.6. The number of hydrogen-bond acceptors (Lipinski definition) is 5. The maximum absolute atomic E-state index is 10.8. The molecule has 0 amide bonds. The third-order valence-electron chi connectivity index (χ3n) is 2.71. The van der Waals surface area contributed by atoms with E-state index in [9.17, 15) is 10.1 Å². The van der Waals surface area contributed by atoms with Crippen molar-refractivity contribution in [1.82, 2.24) is 0 Å². The zero-order chi connectivity index (χ0) is 13.0. The Hall–Kier alpha value is -1.82. The largest absolute Gasteiger partial charge is 0.494 e. The lowest BCUT2D eigenvalue weighted by Gasteiger charge is -2.13. The fourth-order valence-electron chi connectivity index (χ4n) is 1.91. The first-order chi connectivity index (χ1) is 8.69. The monoisotopic (exact) mass is 252 g/mol. The topological polar surface area (TPSA) is 73.6 Å². The predicted molar refractivity (Wildman–Crippen MR) is 67.1 cm³/mol. The molecule has 0 aromatic heterocycles. The molecule has 2 rings (SSSR count). The van der Waals surface area contributed by atoms with Gasteiger partial charge in [-0.3, -0.25) is 10.1 Å². The molecule has 0 aliphatic carbocycles. The zero-order valence-corrected chi connectivity index (χ0v) is 10.2. The highest BCUT2D eigenvalue weighted by molar-refractivity contribution is 5.56. The Morgan fingerprint density at radius 3 is 3.00 bits per heavy atom. The summed E-state index contributed by atoms with van der Waals surface area (Å²) in [6, 6.07) is 4.93. The molecule has 1 atom stereocenters. The van der Waals surface area contributed by atoms with E-state index in [0.29, 0.717) is 24.7 Å². The molecule has 0 radical (unpaired) electrons. The third kappa shape index (κ3) is 3.10. The summed E-state index contributed by atoms with van der Waals surface area (Å²) in [5, 5.41) is 14.1. The lowest BCUT2D eigenvalue weighted by atomic mass is 10.2. The van der Waals surface area contributed by atoms with Crippen molar-refractivity contribution in [1.29, 1.82) is 0 Å². The van der Waals surface area contributed by atoms with Gasteiger partial charge in [-0.1, -0.05) is 0 Å². The van der Waals surface area contributed by atoms with Crippen LogP contribution in [0.15, 0.2) is 18.2 Å². The first kappa shape index (κ1) is 12.6. The molecule has 98 valence electrons. The molecule has 1 heterocycles. The van der Waals surface area contributed by atoms with E-state index in [-0.39, 0.29) is 11.7 Å². The van der Waals surface area contributed by atoms with Gasteiger partial charge in [0.25, 0.3) is 5.69 Å². The fraction of sp³-hybridized carbons (Fsp3) is 0.500. The quantitative estimate of drug-likeness (QED) is 0.642. The molecule has 1 saturated heterocycles. The summed E-state index contributed by atoms with van der Waals surface area (Å²) in [5.41, 5.74) is 0.727. The van der Waals surface area contributed by atoms with Gasteiger partial charge in [-0.05, 0) is 13.3 Å². The summed E-state index contributed by atoms with van der Waals surface area (Å²) in [5.74, 6) is 0.508. The summed E-state index contributed by atoms with van der Waals surface area (Å²) < 4.78 is 10.6. The zero-order valence-electron chi connectivity index (χ0n) is 10.2. The van der Waals surface area contributed by atoms with E-state index in [4.69, 9.17) is 9.47 Å². The standard InChI is InChI=1S/C12H16N2O4/c1-2-18-12-6-10(5-11(7-12)14(15)16)13-9-3-4-17-8-9/h5-7,9,13H,2-4,8H2,1H3. The SMILES string of the molecule is CCOc1cc(NC2CCOC2)cc([N+](=O)[O-])c1. The van der Waals surface area contributed by atoms with Crippen LogP contribution in [0.5, 0.6) is 5.75 Å². The van der Waals surface area contributed by atoms with Gasteiger partial charge in [0.15, 0.2) is 0 Å². The Morgan fingerprint density at radius 1 is 1.56 bits per heavy atom. The summed E-state index contributed by atoms with van der Waals surface area (Å²) in [6.45, 7) is 3.68. The van der Waals surface area contributed by atoms with E-state index in [0.717, 1.165) is 13.0 Å². The molecule has 1 fully saturated rings. The number of nitro groups is 1.